The van der Waals surface area contributed by atoms with Gasteiger partial charge in [-0.2, -0.15) is 0 Å². The topological polar surface area (TPSA) is 51.2 Å². The molecule has 0 aliphatic heterocycles. The standard InChI is InChI=1S/C21H21FN2O2S/c1-14(2)16-5-9-18(10-6-16)26-13-20(25)24-21-23-12-19(27-21)11-15-3-7-17(22)8-4-15/h3-10,12,14H,11,13H2,1-2H3,(H,23,24,25). The van der Waals surface area contributed by atoms with Gasteiger partial charge in [-0.3, -0.25) is 10.1 Å². The minimum Gasteiger partial charge on any atom is -0.484 e. The van der Waals surface area contributed by atoms with E-state index in [1.807, 2.05) is 24.3 Å². The van der Waals surface area contributed by atoms with Crippen LogP contribution in [0.2, 0.25) is 0 Å². The minimum absolute atomic E-state index is 0.0755. The number of thiazole rings is 1. The summed E-state index contributed by atoms with van der Waals surface area (Å²) in [6.07, 6.45) is 2.36. The molecule has 2 aromatic carbocycles. The first kappa shape index (κ1) is 19.0. The van der Waals surface area contributed by atoms with Gasteiger partial charge in [0.15, 0.2) is 11.7 Å². The number of hydrogen-bond acceptors (Lipinski definition) is 4. The summed E-state index contributed by atoms with van der Waals surface area (Å²) in [5.74, 6) is 0.600. The molecule has 140 valence electrons. The van der Waals surface area contributed by atoms with E-state index in [-0.39, 0.29) is 18.3 Å². The lowest BCUT2D eigenvalue weighted by atomic mass is 10.0. The maximum atomic E-state index is 13.0. The van der Waals surface area contributed by atoms with Gasteiger partial charge in [-0.1, -0.05) is 38.1 Å². The zero-order valence-corrected chi connectivity index (χ0v) is 16.1. The van der Waals surface area contributed by atoms with Gasteiger partial charge in [0.05, 0.1) is 0 Å². The average Bonchev–Trinajstić information content (AvgIpc) is 3.09. The Morgan fingerprint density at radius 2 is 1.85 bits per heavy atom. The molecule has 0 aliphatic carbocycles. The summed E-state index contributed by atoms with van der Waals surface area (Å²) >= 11 is 1.39. The fraction of sp³-hybridized carbons (Fsp3) is 0.238. The van der Waals surface area contributed by atoms with E-state index in [1.54, 1.807) is 18.3 Å². The van der Waals surface area contributed by atoms with E-state index in [1.165, 1.54) is 29.0 Å². The van der Waals surface area contributed by atoms with Crippen molar-refractivity contribution in [3.63, 3.8) is 0 Å². The summed E-state index contributed by atoms with van der Waals surface area (Å²) in [6, 6.07) is 14.1. The average molecular weight is 384 g/mol. The Morgan fingerprint density at radius 1 is 1.15 bits per heavy atom. The van der Waals surface area contributed by atoms with E-state index in [2.05, 4.69) is 24.1 Å². The fourth-order valence-electron chi connectivity index (χ4n) is 2.50. The molecule has 6 heteroatoms. The predicted octanol–water partition coefficient (Wildman–Crippen LogP) is 5.01. The Morgan fingerprint density at radius 3 is 2.52 bits per heavy atom. The number of anilines is 1. The number of aromatic nitrogens is 1. The molecule has 1 N–H and O–H groups in total. The number of halogens is 1. The van der Waals surface area contributed by atoms with Gasteiger partial charge in [-0.25, -0.2) is 9.37 Å². The van der Waals surface area contributed by atoms with Crippen LogP contribution in [0.15, 0.2) is 54.7 Å². The third-order valence-corrected chi connectivity index (χ3v) is 4.92. The number of carbonyl (C=O) groups is 1. The number of ether oxygens (including phenoxy) is 1. The number of carbonyl (C=O) groups excluding carboxylic acids is 1. The molecule has 1 aromatic heterocycles. The molecule has 1 heterocycles. The minimum atomic E-state index is -0.259. The van der Waals surface area contributed by atoms with E-state index in [9.17, 15) is 9.18 Å². The molecule has 0 aliphatic rings. The number of nitrogens with zero attached hydrogens (tertiary/aromatic N) is 1. The molecular formula is C21H21FN2O2S. The van der Waals surface area contributed by atoms with E-state index in [4.69, 9.17) is 4.74 Å². The first-order chi connectivity index (χ1) is 13.0. The number of nitrogens with one attached hydrogen (secondary N) is 1. The van der Waals surface area contributed by atoms with E-state index in [0.717, 1.165) is 10.4 Å². The maximum Gasteiger partial charge on any atom is 0.264 e. The molecule has 0 atom stereocenters. The smallest absolute Gasteiger partial charge is 0.264 e. The molecule has 0 spiro atoms. The first-order valence-corrected chi connectivity index (χ1v) is 9.53. The molecule has 0 saturated heterocycles. The van der Waals surface area contributed by atoms with Crippen molar-refractivity contribution in [1.82, 2.24) is 4.98 Å². The Hall–Kier alpha value is -2.73. The summed E-state index contributed by atoms with van der Waals surface area (Å²) in [6.45, 7) is 4.18. The lowest BCUT2D eigenvalue weighted by Crippen LogP contribution is -2.19. The van der Waals surface area contributed by atoms with Crippen LogP contribution < -0.4 is 10.1 Å². The molecule has 27 heavy (non-hydrogen) atoms. The summed E-state index contributed by atoms with van der Waals surface area (Å²) in [4.78, 5) is 17.3. The lowest BCUT2D eigenvalue weighted by molar-refractivity contribution is -0.118. The first-order valence-electron chi connectivity index (χ1n) is 8.71. The van der Waals surface area contributed by atoms with Crippen molar-refractivity contribution in [2.45, 2.75) is 26.2 Å². The third-order valence-electron chi connectivity index (χ3n) is 4.01. The second kappa shape index (κ2) is 8.77. The summed E-state index contributed by atoms with van der Waals surface area (Å²) in [5, 5.41) is 3.26. The highest BCUT2D eigenvalue weighted by atomic mass is 32.1. The Balaban J connectivity index is 1.49. The SMILES string of the molecule is CC(C)c1ccc(OCC(=O)Nc2ncc(Cc3ccc(F)cc3)s2)cc1. The molecule has 1 amide bonds. The zero-order chi connectivity index (χ0) is 19.2. The van der Waals surface area contributed by atoms with Crippen LogP contribution in [0.5, 0.6) is 5.75 Å². The van der Waals surface area contributed by atoms with E-state index in [0.29, 0.717) is 23.2 Å². The molecule has 0 saturated carbocycles. The van der Waals surface area contributed by atoms with Crippen LogP contribution >= 0.6 is 11.3 Å². The molecule has 4 nitrogen and oxygen atoms in total. The van der Waals surface area contributed by atoms with Crippen LogP contribution in [-0.2, 0) is 11.2 Å². The predicted molar refractivity (Wildman–Crippen MR) is 106 cm³/mol. The van der Waals surface area contributed by atoms with Gasteiger partial charge in [-0.05, 0) is 41.3 Å². The zero-order valence-electron chi connectivity index (χ0n) is 15.2. The number of benzene rings is 2. The normalized spacial score (nSPS) is 10.8. The Bertz CT molecular complexity index is 889. The molecule has 3 aromatic rings. The summed E-state index contributed by atoms with van der Waals surface area (Å²) < 4.78 is 18.5. The summed E-state index contributed by atoms with van der Waals surface area (Å²) in [7, 11) is 0. The number of rotatable bonds is 7. The number of amides is 1. The highest BCUT2D eigenvalue weighted by Gasteiger charge is 2.09. The second-order valence-electron chi connectivity index (χ2n) is 6.50. The Labute approximate surface area is 162 Å². The van der Waals surface area contributed by atoms with Gasteiger partial charge < -0.3 is 4.74 Å². The number of hydrogen-bond donors (Lipinski definition) is 1. The van der Waals surface area contributed by atoms with Crippen LogP contribution in [0.1, 0.15) is 35.8 Å². The van der Waals surface area contributed by atoms with Gasteiger partial charge in [0, 0.05) is 17.5 Å². The fourth-order valence-corrected chi connectivity index (χ4v) is 3.37. The van der Waals surface area contributed by atoms with Crippen LogP contribution in [0.3, 0.4) is 0 Å². The molecule has 0 radical (unpaired) electrons. The third kappa shape index (κ3) is 5.62. The van der Waals surface area contributed by atoms with Crippen molar-refractivity contribution in [2.75, 3.05) is 11.9 Å². The van der Waals surface area contributed by atoms with Crippen LogP contribution in [-0.4, -0.2) is 17.5 Å². The quantitative estimate of drug-likeness (QED) is 0.623. The second-order valence-corrected chi connectivity index (χ2v) is 7.61. The van der Waals surface area contributed by atoms with Gasteiger partial charge in [0.2, 0.25) is 0 Å². The van der Waals surface area contributed by atoms with Crippen molar-refractivity contribution < 1.29 is 13.9 Å². The van der Waals surface area contributed by atoms with Gasteiger partial charge >= 0.3 is 0 Å². The maximum absolute atomic E-state index is 13.0. The molecule has 0 bridgehead atoms. The van der Waals surface area contributed by atoms with Gasteiger partial charge in [-0.15, -0.1) is 11.3 Å². The van der Waals surface area contributed by atoms with Crippen molar-refractivity contribution >= 4 is 22.4 Å². The van der Waals surface area contributed by atoms with Crippen molar-refractivity contribution in [2.24, 2.45) is 0 Å². The van der Waals surface area contributed by atoms with Gasteiger partial charge in [0.1, 0.15) is 11.6 Å². The van der Waals surface area contributed by atoms with E-state index >= 15 is 0 Å². The highest BCUT2D eigenvalue weighted by molar-refractivity contribution is 7.15. The van der Waals surface area contributed by atoms with Crippen LogP contribution in [0.4, 0.5) is 9.52 Å². The van der Waals surface area contributed by atoms with Crippen LogP contribution in [0, 0.1) is 5.82 Å². The van der Waals surface area contributed by atoms with Crippen molar-refractivity contribution in [1.29, 1.82) is 0 Å². The highest BCUT2D eigenvalue weighted by Crippen LogP contribution is 2.22. The van der Waals surface area contributed by atoms with Crippen molar-refractivity contribution in [3.8, 4) is 5.75 Å². The molecule has 0 fully saturated rings. The van der Waals surface area contributed by atoms with E-state index < -0.39 is 0 Å². The summed E-state index contributed by atoms with van der Waals surface area (Å²) in [5.41, 5.74) is 2.22. The molecule has 0 unspecified atom stereocenters. The monoisotopic (exact) mass is 384 g/mol. The largest absolute Gasteiger partial charge is 0.484 e. The molecule has 3 rings (SSSR count). The van der Waals surface area contributed by atoms with Gasteiger partial charge in [0.25, 0.3) is 5.91 Å². The molecular weight excluding hydrogens is 363 g/mol. The lowest BCUT2D eigenvalue weighted by Gasteiger charge is -2.08. The Kier molecular flexibility index (Phi) is 6.19. The van der Waals surface area contributed by atoms with Crippen LogP contribution in [0.25, 0.3) is 0 Å². The van der Waals surface area contributed by atoms with Crippen molar-refractivity contribution in [3.05, 3.63) is 76.5 Å².